The SMILES string of the molecule is Cc1ccc(Cl)cc1C1CC(=O)CCO1. The highest BCUT2D eigenvalue weighted by molar-refractivity contribution is 6.30. The molecule has 1 aliphatic heterocycles. The molecule has 2 nitrogen and oxygen atoms in total. The molecular formula is C12H13ClO2. The Kier molecular flexibility index (Phi) is 3.08. The van der Waals surface area contributed by atoms with Crippen molar-refractivity contribution in [1.82, 2.24) is 0 Å². The molecule has 1 heterocycles. The minimum absolute atomic E-state index is 0.107. The summed E-state index contributed by atoms with van der Waals surface area (Å²) in [6.07, 6.45) is 0.905. The third-order valence-electron chi connectivity index (χ3n) is 2.70. The van der Waals surface area contributed by atoms with Gasteiger partial charge in [0.1, 0.15) is 5.78 Å². The van der Waals surface area contributed by atoms with Crippen LogP contribution in [0.4, 0.5) is 0 Å². The summed E-state index contributed by atoms with van der Waals surface area (Å²) < 4.78 is 5.59. The van der Waals surface area contributed by atoms with Crippen LogP contribution in [0.25, 0.3) is 0 Å². The fourth-order valence-corrected chi connectivity index (χ4v) is 2.02. The second-order valence-electron chi connectivity index (χ2n) is 3.85. The summed E-state index contributed by atoms with van der Waals surface area (Å²) in [4.78, 5) is 11.3. The molecule has 2 rings (SSSR count). The Morgan fingerprint density at radius 2 is 2.27 bits per heavy atom. The van der Waals surface area contributed by atoms with Crippen molar-refractivity contribution in [2.45, 2.75) is 25.9 Å². The van der Waals surface area contributed by atoms with Gasteiger partial charge in [-0.2, -0.15) is 0 Å². The molecule has 0 N–H and O–H groups in total. The first-order chi connectivity index (χ1) is 7.16. The van der Waals surface area contributed by atoms with Gasteiger partial charge in [0.15, 0.2) is 0 Å². The molecule has 15 heavy (non-hydrogen) atoms. The standard InChI is InChI=1S/C12H13ClO2/c1-8-2-3-9(13)6-11(8)12-7-10(14)4-5-15-12/h2-3,6,12H,4-5,7H2,1H3. The van der Waals surface area contributed by atoms with E-state index in [4.69, 9.17) is 16.3 Å². The molecule has 1 atom stereocenters. The molecule has 1 aromatic rings. The van der Waals surface area contributed by atoms with Gasteiger partial charge in [0.25, 0.3) is 0 Å². The van der Waals surface area contributed by atoms with Crippen LogP contribution in [0.5, 0.6) is 0 Å². The summed E-state index contributed by atoms with van der Waals surface area (Å²) in [6.45, 7) is 2.53. The fraction of sp³-hybridized carbons (Fsp3) is 0.417. The molecule has 0 radical (unpaired) electrons. The number of rotatable bonds is 1. The van der Waals surface area contributed by atoms with Crippen LogP contribution < -0.4 is 0 Å². The van der Waals surface area contributed by atoms with Crippen molar-refractivity contribution in [2.75, 3.05) is 6.61 Å². The summed E-state index contributed by atoms with van der Waals surface area (Å²) >= 11 is 5.93. The van der Waals surface area contributed by atoms with E-state index in [0.29, 0.717) is 24.5 Å². The van der Waals surface area contributed by atoms with E-state index in [2.05, 4.69) is 0 Å². The average molecular weight is 225 g/mol. The van der Waals surface area contributed by atoms with Gasteiger partial charge in [-0.05, 0) is 30.2 Å². The largest absolute Gasteiger partial charge is 0.373 e. The van der Waals surface area contributed by atoms with E-state index in [9.17, 15) is 4.79 Å². The minimum Gasteiger partial charge on any atom is -0.373 e. The lowest BCUT2D eigenvalue weighted by Crippen LogP contribution is -2.20. The van der Waals surface area contributed by atoms with Crippen molar-refractivity contribution in [3.8, 4) is 0 Å². The summed E-state index contributed by atoms with van der Waals surface area (Å²) in [5.74, 6) is 0.269. The molecule has 0 spiro atoms. The smallest absolute Gasteiger partial charge is 0.138 e. The van der Waals surface area contributed by atoms with Crippen LogP contribution in [-0.2, 0) is 9.53 Å². The number of halogens is 1. The number of ether oxygens (including phenoxy) is 1. The fourth-order valence-electron chi connectivity index (χ4n) is 1.84. The van der Waals surface area contributed by atoms with Crippen molar-refractivity contribution in [3.63, 3.8) is 0 Å². The maximum absolute atomic E-state index is 11.3. The van der Waals surface area contributed by atoms with E-state index in [1.807, 2.05) is 25.1 Å². The van der Waals surface area contributed by atoms with E-state index in [1.165, 1.54) is 0 Å². The highest BCUT2D eigenvalue weighted by Gasteiger charge is 2.22. The van der Waals surface area contributed by atoms with Crippen LogP contribution in [0, 0.1) is 6.92 Å². The van der Waals surface area contributed by atoms with Crippen LogP contribution in [0.2, 0.25) is 5.02 Å². The Balaban J connectivity index is 2.27. The topological polar surface area (TPSA) is 26.3 Å². The van der Waals surface area contributed by atoms with Gasteiger partial charge < -0.3 is 4.74 Å². The van der Waals surface area contributed by atoms with Crippen molar-refractivity contribution in [1.29, 1.82) is 0 Å². The summed E-state index contributed by atoms with van der Waals surface area (Å²) in [5.41, 5.74) is 2.16. The van der Waals surface area contributed by atoms with Gasteiger partial charge in [-0.25, -0.2) is 0 Å². The lowest BCUT2D eigenvalue weighted by atomic mass is 9.97. The van der Waals surface area contributed by atoms with E-state index >= 15 is 0 Å². The predicted octanol–water partition coefficient (Wildman–Crippen LogP) is 3.07. The molecule has 1 unspecified atom stereocenters. The quantitative estimate of drug-likeness (QED) is 0.733. The van der Waals surface area contributed by atoms with Gasteiger partial charge in [-0.1, -0.05) is 17.7 Å². The third kappa shape index (κ3) is 2.39. The Bertz CT molecular complexity index is 387. The maximum Gasteiger partial charge on any atom is 0.138 e. The lowest BCUT2D eigenvalue weighted by molar-refractivity contribution is -0.128. The average Bonchev–Trinajstić information content (AvgIpc) is 2.22. The second-order valence-corrected chi connectivity index (χ2v) is 4.29. The first-order valence-corrected chi connectivity index (χ1v) is 5.44. The summed E-state index contributed by atoms with van der Waals surface area (Å²) in [6, 6.07) is 5.70. The lowest BCUT2D eigenvalue weighted by Gasteiger charge is -2.23. The van der Waals surface area contributed by atoms with Crippen LogP contribution in [0.3, 0.4) is 0 Å². The molecule has 1 saturated heterocycles. The van der Waals surface area contributed by atoms with Gasteiger partial charge in [-0.3, -0.25) is 4.79 Å². The monoisotopic (exact) mass is 224 g/mol. The molecule has 0 saturated carbocycles. The molecule has 0 amide bonds. The number of benzene rings is 1. The number of aryl methyl sites for hydroxylation is 1. The van der Waals surface area contributed by atoms with Gasteiger partial charge in [0.2, 0.25) is 0 Å². The molecule has 0 bridgehead atoms. The van der Waals surface area contributed by atoms with Gasteiger partial charge in [0.05, 0.1) is 12.7 Å². The van der Waals surface area contributed by atoms with Crippen molar-refractivity contribution >= 4 is 17.4 Å². The van der Waals surface area contributed by atoms with Crippen LogP contribution >= 0.6 is 11.6 Å². The zero-order chi connectivity index (χ0) is 10.8. The molecule has 3 heteroatoms. The Morgan fingerprint density at radius 3 is 3.00 bits per heavy atom. The Hall–Kier alpha value is -0.860. The van der Waals surface area contributed by atoms with Gasteiger partial charge in [-0.15, -0.1) is 0 Å². The van der Waals surface area contributed by atoms with Gasteiger partial charge in [0, 0.05) is 17.9 Å². The van der Waals surface area contributed by atoms with E-state index < -0.39 is 0 Å². The van der Waals surface area contributed by atoms with Crippen molar-refractivity contribution < 1.29 is 9.53 Å². The van der Waals surface area contributed by atoms with E-state index in [0.717, 1.165) is 11.1 Å². The number of carbonyl (C=O) groups excluding carboxylic acids is 1. The highest BCUT2D eigenvalue weighted by Crippen LogP contribution is 2.30. The number of Topliss-reactive ketones (excluding diaryl/α,β-unsaturated/α-hetero) is 1. The number of ketones is 1. The van der Waals surface area contributed by atoms with Crippen molar-refractivity contribution in [2.24, 2.45) is 0 Å². The first-order valence-electron chi connectivity index (χ1n) is 5.06. The third-order valence-corrected chi connectivity index (χ3v) is 2.94. The molecule has 80 valence electrons. The van der Waals surface area contributed by atoms with Crippen LogP contribution in [0.1, 0.15) is 30.1 Å². The van der Waals surface area contributed by atoms with Crippen LogP contribution in [-0.4, -0.2) is 12.4 Å². The molecular weight excluding hydrogens is 212 g/mol. The normalized spacial score (nSPS) is 21.7. The summed E-state index contributed by atoms with van der Waals surface area (Å²) in [7, 11) is 0. The number of carbonyl (C=O) groups is 1. The van der Waals surface area contributed by atoms with E-state index in [-0.39, 0.29) is 11.9 Å². The zero-order valence-corrected chi connectivity index (χ0v) is 9.38. The zero-order valence-electron chi connectivity index (χ0n) is 8.63. The van der Waals surface area contributed by atoms with Gasteiger partial charge >= 0.3 is 0 Å². The van der Waals surface area contributed by atoms with E-state index in [1.54, 1.807) is 0 Å². The van der Waals surface area contributed by atoms with Crippen LogP contribution in [0.15, 0.2) is 18.2 Å². The highest BCUT2D eigenvalue weighted by atomic mass is 35.5. The number of hydrogen-bond donors (Lipinski definition) is 0. The maximum atomic E-state index is 11.3. The Labute approximate surface area is 94.2 Å². The van der Waals surface area contributed by atoms with Crippen molar-refractivity contribution in [3.05, 3.63) is 34.3 Å². The molecule has 1 fully saturated rings. The predicted molar refractivity (Wildman–Crippen MR) is 59.1 cm³/mol. The first kappa shape index (κ1) is 10.7. The minimum atomic E-state index is -0.107. The molecule has 0 aromatic heterocycles. The molecule has 1 aromatic carbocycles. The number of hydrogen-bond acceptors (Lipinski definition) is 2. The molecule has 0 aliphatic carbocycles. The molecule has 1 aliphatic rings. The second kappa shape index (κ2) is 4.33. The Morgan fingerprint density at radius 1 is 1.47 bits per heavy atom. The summed E-state index contributed by atoms with van der Waals surface area (Å²) in [5, 5.41) is 0.692.